The molecule has 0 unspecified atom stereocenters. The average molecular weight is 348 g/mol. The van der Waals surface area contributed by atoms with Crippen molar-refractivity contribution >= 4 is 22.2 Å². The first-order chi connectivity index (χ1) is 10.0. The van der Waals surface area contributed by atoms with E-state index in [2.05, 4.69) is 15.9 Å². The average Bonchev–Trinajstić information content (AvgIpc) is 2.45. The van der Waals surface area contributed by atoms with Crippen molar-refractivity contribution < 1.29 is 13.9 Å². The van der Waals surface area contributed by atoms with Gasteiger partial charge in [0.25, 0.3) is 0 Å². The summed E-state index contributed by atoms with van der Waals surface area (Å²) in [6.45, 7) is 1.83. The highest BCUT2D eigenvalue weighted by Gasteiger charge is 2.11. The maximum Gasteiger partial charge on any atom is 0.153 e. The Morgan fingerprint density at radius 1 is 1.38 bits per heavy atom. The Morgan fingerprint density at radius 2 is 2.14 bits per heavy atom. The fourth-order valence-corrected chi connectivity index (χ4v) is 2.57. The number of nitriles is 1. The van der Waals surface area contributed by atoms with Crippen LogP contribution in [0.5, 0.6) is 5.75 Å². The third-order valence-corrected chi connectivity index (χ3v) is 3.41. The van der Waals surface area contributed by atoms with E-state index in [0.717, 1.165) is 10.0 Å². The van der Waals surface area contributed by atoms with E-state index in [0.29, 0.717) is 28.7 Å². The van der Waals surface area contributed by atoms with Gasteiger partial charge >= 0.3 is 0 Å². The minimum atomic E-state index is -0.435. The van der Waals surface area contributed by atoms with Crippen LogP contribution in [0.3, 0.4) is 0 Å². The molecule has 0 radical (unpaired) electrons. The van der Waals surface area contributed by atoms with Gasteiger partial charge in [-0.25, -0.2) is 4.39 Å². The lowest BCUT2D eigenvalue weighted by atomic mass is 10.1. The molecule has 0 fully saturated rings. The molecule has 21 heavy (non-hydrogen) atoms. The molecule has 0 N–H and O–H groups in total. The number of hydrogen-bond acceptors (Lipinski definition) is 3. The summed E-state index contributed by atoms with van der Waals surface area (Å²) < 4.78 is 19.7. The maximum absolute atomic E-state index is 13.3. The molecule has 5 heteroatoms. The number of benzene rings is 2. The van der Waals surface area contributed by atoms with Crippen molar-refractivity contribution in [2.24, 2.45) is 0 Å². The molecule has 0 aliphatic rings. The normalized spacial score (nSPS) is 10.0. The number of ether oxygens (including phenoxy) is 1. The van der Waals surface area contributed by atoms with Crippen LogP contribution in [0.15, 0.2) is 34.8 Å². The van der Waals surface area contributed by atoms with Gasteiger partial charge in [-0.1, -0.05) is 15.9 Å². The molecule has 0 spiro atoms. The second-order valence-corrected chi connectivity index (χ2v) is 5.38. The van der Waals surface area contributed by atoms with Gasteiger partial charge in [-0.15, -0.1) is 0 Å². The van der Waals surface area contributed by atoms with E-state index in [1.54, 1.807) is 6.07 Å². The number of halogens is 2. The third kappa shape index (κ3) is 3.47. The van der Waals surface area contributed by atoms with Crippen LogP contribution in [0.4, 0.5) is 4.39 Å². The molecule has 0 amide bonds. The summed E-state index contributed by atoms with van der Waals surface area (Å²) in [4.78, 5) is 11.1. The molecule has 3 nitrogen and oxygen atoms in total. The zero-order valence-corrected chi connectivity index (χ0v) is 12.8. The molecule has 106 valence electrons. The summed E-state index contributed by atoms with van der Waals surface area (Å²) in [5.74, 6) is -0.00269. The Labute approximate surface area is 130 Å². The topological polar surface area (TPSA) is 50.1 Å². The van der Waals surface area contributed by atoms with Crippen molar-refractivity contribution in [3.05, 3.63) is 62.9 Å². The monoisotopic (exact) mass is 347 g/mol. The van der Waals surface area contributed by atoms with E-state index < -0.39 is 5.82 Å². The lowest BCUT2D eigenvalue weighted by Gasteiger charge is -2.13. The maximum atomic E-state index is 13.3. The van der Waals surface area contributed by atoms with Gasteiger partial charge in [-0.2, -0.15) is 5.26 Å². The molecule has 0 aromatic heterocycles. The van der Waals surface area contributed by atoms with E-state index in [9.17, 15) is 9.18 Å². The Kier molecular flexibility index (Phi) is 4.71. The van der Waals surface area contributed by atoms with Crippen molar-refractivity contribution in [3.63, 3.8) is 0 Å². The fourth-order valence-electron chi connectivity index (χ4n) is 1.98. The Morgan fingerprint density at radius 3 is 2.81 bits per heavy atom. The minimum Gasteiger partial charge on any atom is -0.488 e. The largest absolute Gasteiger partial charge is 0.488 e. The Bertz CT molecular complexity index is 738. The van der Waals surface area contributed by atoms with Crippen LogP contribution in [0.2, 0.25) is 0 Å². The smallest absolute Gasteiger partial charge is 0.153 e. The lowest BCUT2D eigenvalue weighted by molar-refractivity contribution is 0.111. The first kappa shape index (κ1) is 15.2. The van der Waals surface area contributed by atoms with Gasteiger partial charge in [0.2, 0.25) is 0 Å². The van der Waals surface area contributed by atoms with Gasteiger partial charge in [-0.3, -0.25) is 4.79 Å². The number of hydrogen-bond donors (Lipinski definition) is 0. The highest BCUT2D eigenvalue weighted by molar-refractivity contribution is 9.10. The van der Waals surface area contributed by atoms with Crippen LogP contribution >= 0.6 is 15.9 Å². The van der Waals surface area contributed by atoms with Crippen molar-refractivity contribution in [2.75, 3.05) is 0 Å². The molecule has 0 saturated heterocycles. The second-order valence-electron chi connectivity index (χ2n) is 4.46. The van der Waals surface area contributed by atoms with Gasteiger partial charge in [0.1, 0.15) is 18.2 Å². The summed E-state index contributed by atoms with van der Waals surface area (Å²) in [5.41, 5.74) is 1.97. The molecular weight excluding hydrogens is 337 g/mol. The highest BCUT2D eigenvalue weighted by Crippen LogP contribution is 2.28. The van der Waals surface area contributed by atoms with Gasteiger partial charge in [0, 0.05) is 10.0 Å². The number of carbonyl (C=O) groups excluding carboxylic acids is 1. The molecular formula is C16H11BrFNO2. The predicted molar refractivity (Wildman–Crippen MR) is 79.7 cm³/mol. The quantitative estimate of drug-likeness (QED) is 0.780. The standard InChI is InChI=1S/C16H11BrFNO2/c1-10-4-14(17)5-12(8-20)16(10)21-9-13-6-15(18)3-2-11(13)7-19/h2-6,8H,9H2,1H3. The molecule has 0 aliphatic carbocycles. The van der Waals surface area contributed by atoms with Crippen LogP contribution in [-0.2, 0) is 6.61 Å². The summed E-state index contributed by atoms with van der Waals surface area (Å²) in [6, 6.07) is 9.34. The first-order valence-electron chi connectivity index (χ1n) is 6.12. The van der Waals surface area contributed by atoms with E-state index >= 15 is 0 Å². The summed E-state index contributed by atoms with van der Waals surface area (Å²) in [6.07, 6.45) is 0.698. The molecule has 0 saturated carbocycles. The van der Waals surface area contributed by atoms with Crippen molar-refractivity contribution in [1.29, 1.82) is 5.26 Å². The predicted octanol–water partition coefficient (Wildman–Crippen LogP) is 4.16. The molecule has 2 rings (SSSR count). The van der Waals surface area contributed by atoms with Crippen LogP contribution < -0.4 is 4.74 Å². The van der Waals surface area contributed by atoms with Crippen LogP contribution in [0.1, 0.15) is 27.0 Å². The summed E-state index contributed by atoms with van der Waals surface area (Å²) in [7, 11) is 0. The number of rotatable bonds is 4. The van der Waals surface area contributed by atoms with Crippen molar-refractivity contribution in [1.82, 2.24) is 0 Å². The zero-order chi connectivity index (χ0) is 15.4. The van der Waals surface area contributed by atoms with Gasteiger partial charge in [0.05, 0.1) is 17.2 Å². The second kappa shape index (κ2) is 6.51. The molecule has 0 atom stereocenters. The molecule has 0 aliphatic heterocycles. The number of aryl methyl sites for hydroxylation is 1. The van der Waals surface area contributed by atoms with E-state index in [1.165, 1.54) is 18.2 Å². The van der Waals surface area contributed by atoms with Crippen LogP contribution in [0, 0.1) is 24.1 Å². The molecule has 0 heterocycles. The van der Waals surface area contributed by atoms with E-state index in [-0.39, 0.29) is 6.61 Å². The SMILES string of the molecule is Cc1cc(Br)cc(C=O)c1OCc1cc(F)ccc1C#N. The molecule has 2 aromatic carbocycles. The van der Waals surface area contributed by atoms with Crippen molar-refractivity contribution in [2.45, 2.75) is 13.5 Å². The summed E-state index contributed by atoms with van der Waals surface area (Å²) >= 11 is 3.31. The Balaban J connectivity index is 2.31. The number of aldehydes is 1. The minimum absolute atomic E-state index is 0.0178. The highest BCUT2D eigenvalue weighted by atomic mass is 79.9. The lowest BCUT2D eigenvalue weighted by Crippen LogP contribution is -2.03. The van der Waals surface area contributed by atoms with Gasteiger partial charge in [-0.05, 0) is 42.8 Å². The molecule has 0 bridgehead atoms. The first-order valence-corrected chi connectivity index (χ1v) is 6.91. The van der Waals surface area contributed by atoms with Gasteiger partial charge in [0.15, 0.2) is 6.29 Å². The van der Waals surface area contributed by atoms with Gasteiger partial charge < -0.3 is 4.74 Å². The summed E-state index contributed by atoms with van der Waals surface area (Å²) in [5, 5.41) is 9.01. The number of carbonyl (C=O) groups is 1. The van der Waals surface area contributed by atoms with E-state index in [1.807, 2.05) is 19.1 Å². The third-order valence-electron chi connectivity index (χ3n) is 2.95. The van der Waals surface area contributed by atoms with Crippen LogP contribution in [-0.4, -0.2) is 6.29 Å². The Hall–Kier alpha value is -2.19. The zero-order valence-electron chi connectivity index (χ0n) is 11.2. The van der Waals surface area contributed by atoms with E-state index in [4.69, 9.17) is 10.00 Å². The van der Waals surface area contributed by atoms with Crippen LogP contribution in [0.25, 0.3) is 0 Å². The number of nitrogens with zero attached hydrogens (tertiary/aromatic N) is 1. The van der Waals surface area contributed by atoms with Crippen molar-refractivity contribution in [3.8, 4) is 11.8 Å². The molecule has 2 aromatic rings. The fraction of sp³-hybridized carbons (Fsp3) is 0.125.